The molecule has 1 aliphatic rings. The van der Waals surface area contributed by atoms with Crippen LogP contribution in [0.1, 0.15) is 24.2 Å². The van der Waals surface area contributed by atoms with Crippen molar-refractivity contribution in [2.45, 2.75) is 32.2 Å². The van der Waals surface area contributed by atoms with Crippen molar-refractivity contribution in [1.82, 2.24) is 14.9 Å². The summed E-state index contributed by atoms with van der Waals surface area (Å²) in [5.41, 5.74) is 0.937. The molecule has 0 saturated carbocycles. The number of para-hydroxylation sites is 1. The highest BCUT2D eigenvalue weighted by Gasteiger charge is 2.23. The van der Waals surface area contributed by atoms with E-state index < -0.39 is 0 Å². The zero-order valence-electron chi connectivity index (χ0n) is 14.7. The second-order valence-corrected chi connectivity index (χ2v) is 6.28. The third-order valence-electron chi connectivity index (χ3n) is 4.51. The first-order valence-corrected chi connectivity index (χ1v) is 8.61. The number of aryl methyl sites for hydroxylation is 1. The Morgan fingerprint density at radius 1 is 1.28 bits per heavy atom. The number of ether oxygens (including phenoxy) is 1. The van der Waals surface area contributed by atoms with E-state index in [0.29, 0.717) is 12.5 Å². The largest absolute Gasteiger partial charge is 0.496 e. The molecular weight excluding hydrogens is 316 g/mol. The van der Waals surface area contributed by atoms with Crippen LogP contribution in [0.5, 0.6) is 5.75 Å². The van der Waals surface area contributed by atoms with Crippen LogP contribution in [-0.4, -0.2) is 47.0 Å². The molecule has 0 radical (unpaired) electrons. The van der Waals surface area contributed by atoms with Gasteiger partial charge < -0.3 is 15.0 Å². The SMILES string of the molecule is COc1ccccc1CC(=O)N1CCC(Nc2ccnc(C)n2)CC1. The fraction of sp³-hybridized carbons (Fsp3) is 0.421. The van der Waals surface area contributed by atoms with Crippen LogP contribution >= 0.6 is 0 Å². The molecule has 0 atom stereocenters. The molecule has 2 aromatic rings. The van der Waals surface area contributed by atoms with Crippen LogP contribution in [0.15, 0.2) is 36.5 Å². The quantitative estimate of drug-likeness (QED) is 0.905. The van der Waals surface area contributed by atoms with Gasteiger partial charge in [0.25, 0.3) is 0 Å². The molecule has 0 unspecified atom stereocenters. The first kappa shape index (κ1) is 17.2. The van der Waals surface area contributed by atoms with Gasteiger partial charge in [-0.25, -0.2) is 9.97 Å². The summed E-state index contributed by atoms with van der Waals surface area (Å²) in [5.74, 6) is 2.54. The first-order chi connectivity index (χ1) is 12.2. The Kier molecular flexibility index (Phi) is 5.48. The molecule has 1 N–H and O–H groups in total. The van der Waals surface area contributed by atoms with Crippen LogP contribution in [0.4, 0.5) is 5.82 Å². The molecule has 6 heteroatoms. The molecule has 0 aliphatic carbocycles. The number of piperidine rings is 1. The van der Waals surface area contributed by atoms with E-state index in [1.54, 1.807) is 13.3 Å². The maximum Gasteiger partial charge on any atom is 0.227 e. The lowest BCUT2D eigenvalue weighted by Crippen LogP contribution is -2.43. The second-order valence-electron chi connectivity index (χ2n) is 6.28. The van der Waals surface area contributed by atoms with E-state index in [0.717, 1.165) is 48.9 Å². The van der Waals surface area contributed by atoms with E-state index in [2.05, 4.69) is 15.3 Å². The Morgan fingerprint density at radius 3 is 2.76 bits per heavy atom. The maximum atomic E-state index is 12.6. The highest BCUT2D eigenvalue weighted by atomic mass is 16.5. The summed E-state index contributed by atoms with van der Waals surface area (Å²) in [5, 5.41) is 3.44. The molecule has 1 fully saturated rings. The minimum absolute atomic E-state index is 0.154. The number of aromatic nitrogens is 2. The summed E-state index contributed by atoms with van der Waals surface area (Å²) in [6, 6.07) is 9.91. The fourth-order valence-electron chi connectivity index (χ4n) is 3.14. The van der Waals surface area contributed by atoms with Crippen molar-refractivity contribution >= 4 is 11.7 Å². The van der Waals surface area contributed by atoms with Gasteiger partial charge in [-0.15, -0.1) is 0 Å². The average molecular weight is 340 g/mol. The van der Waals surface area contributed by atoms with Gasteiger partial charge >= 0.3 is 0 Å². The van der Waals surface area contributed by atoms with Gasteiger partial charge in [-0.05, 0) is 31.9 Å². The third kappa shape index (κ3) is 4.47. The number of nitrogens with zero attached hydrogens (tertiary/aromatic N) is 3. The third-order valence-corrected chi connectivity index (χ3v) is 4.51. The molecule has 1 aliphatic heterocycles. The summed E-state index contributed by atoms with van der Waals surface area (Å²) in [6.07, 6.45) is 3.98. The van der Waals surface area contributed by atoms with Gasteiger partial charge in [0.05, 0.1) is 13.5 Å². The number of benzene rings is 1. The van der Waals surface area contributed by atoms with Gasteiger partial charge in [-0.3, -0.25) is 4.79 Å². The zero-order valence-corrected chi connectivity index (χ0v) is 14.7. The normalized spacial score (nSPS) is 15.0. The molecule has 132 valence electrons. The Balaban J connectivity index is 1.52. The predicted molar refractivity (Wildman–Crippen MR) is 96.7 cm³/mol. The standard InChI is InChI=1S/C19H24N4O2/c1-14-20-10-7-18(21-14)22-16-8-11-23(12-9-16)19(24)13-15-5-3-4-6-17(15)25-2/h3-7,10,16H,8-9,11-13H2,1-2H3,(H,20,21,22). The van der Waals surface area contributed by atoms with E-state index in [1.165, 1.54) is 0 Å². The monoisotopic (exact) mass is 340 g/mol. The number of methoxy groups -OCH3 is 1. The van der Waals surface area contributed by atoms with E-state index in [1.807, 2.05) is 42.2 Å². The molecule has 3 rings (SSSR count). The Labute approximate surface area is 148 Å². The van der Waals surface area contributed by atoms with Crippen molar-refractivity contribution in [3.63, 3.8) is 0 Å². The van der Waals surface area contributed by atoms with Crippen molar-refractivity contribution in [2.75, 3.05) is 25.5 Å². The number of nitrogens with one attached hydrogen (secondary N) is 1. The highest BCUT2D eigenvalue weighted by Crippen LogP contribution is 2.20. The van der Waals surface area contributed by atoms with Gasteiger partial charge in [-0.1, -0.05) is 18.2 Å². The smallest absolute Gasteiger partial charge is 0.227 e. The number of carbonyl (C=O) groups excluding carboxylic acids is 1. The summed E-state index contributed by atoms with van der Waals surface area (Å²) in [4.78, 5) is 23.0. The topological polar surface area (TPSA) is 67.3 Å². The van der Waals surface area contributed by atoms with Gasteiger partial charge in [0.1, 0.15) is 17.4 Å². The van der Waals surface area contributed by atoms with Crippen LogP contribution in [0.25, 0.3) is 0 Å². The van der Waals surface area contributed by atoms with Crippen molar-refractivity contribution in [3.8, 4) is 5.75 Å². The molecule has 25 heavy (non-hydrogen) atoms. The van der Waals surface area contributed by atoms with Crippen molar-refractivity contribution in [3.05, 3.63) is 47.9 Å². The number of anilines is 1. The van der Waals surface area contributed by atoms with E-state index in [9.17, 15) is 4.79 Å². The van der Waals surface area contributed by atoms with Gasteiger partial charge in [0, 0.05) is 30.9 Å². The zero-order chi connectivity index (χ0) is 17.6. The summed E-state index contributed by atoms with van der Waals surface area (Å²) >= 11 is 0. The number of hydrogen-bond donors (Lipinski definition) is 1. The van der Waals surface area contributed by atoms with Crippen molar-refractivity contribution in [2.24, 2.45) is 0 Å². The highest BCUT2D eigenvalue weighted by molar-refractivity contribution is 5.79. The molecule has 6 nitrogen and oxygen atoms in total. The Morgan fingerprint density at radius 2 is 2.04 bits per heavy atom. The molecule has 1 aromatic heterocycles. The van der Waals surface area contributed by atoms with Crippen LogP contribution < -0.4 is 10.1 Å². The molecular formula is C19H24N4O2. The van der Waals surface area contributed by atoms with Crippen LogP contribution in [-0.2, 0) is 11.2 Å². The lowest BCUT2D eigenvalue weighted by Gasteiger charge is -2.32. The van der Waals surface area contributed by atoms with Crippen molar-refractivity contribution < 1.29 is 9.53 Å². The number of carbonyl (C=O) groups is 1. The van der Waals surface area contributed by atoms with Crippen LogP contribution in [0.3, 0.4) is 0 Å². The summed E-state index contributed by atoms with van der Waals surface area (Å²) in [7, 11) is 1.63. The van der Waals surface area contributed by atoms with Gasteiger partial charge in [-0.2, -0.15) is 0 Å². The van der Waals surface area contributed by atoms with E-state index in [-0.39, 0.29) is 5.91 Å². The number of likely N-dealkylation sites (tertiary alicyclic amines) is 1. The minimum atomic E-state index is 0.154. The number of amides is 1. The van der Waals surface area contributed by atoms with Crippen LogP contribution in [0, 0.1) is 6.92 Å². The van der Waals surface area contributed by atoms with E-state index >= 15 is 0 Å². The molecule has 0 spiro atoms. The molecule has 0 bridgehead atoms. The number of rotatable bonds is 5. The lowest BCUT2D eigenvalue weighted by molar-refractivity contribution is -0.131. The first-order valence-electron chi connectivity index (χ1n) is 8.61. The number of hydrogen-bond acceptors (Lipinski definition) is 5. The van der Waals surface area contributed by atoms with Gasteiger partial charge in [0.15, 0.2) is 0 Å². The Bertz CT molecular complexity index is 727. The fourth-order valence-corrected chi connectivity index (χ4v) is 3.14. The Hall–Kier alpha value is -2.63. The molecule has 1 aromatic carbocycles. The summed E-state index contributed by atoms with van der Waals surface area (Å²) in [6.45, 7) is 3.40. The molecule has 1 saturated heterocycles. The van der Waals surface area contributed by atoms with Crippen molar-refractivity contribution in [1.29, 1.82) is 0 Å². The minimum Gasteiger partial charge on any atom is -0.496 e. The van der Waals surface area contributed by atoms with Crippen LogP contribution in [0.2, 0.25) is 0 Å². The lowest BCUT2D eigenvalue weighted by atomic mass is 10.0. The molecule has 2 heterocycles. The van der Waals surface area contributed by atoms with Gasteiger partial charge in [0.2, 0.25) is 5.91 Å². The second kappa shape index (κ2) is 7.96. The average Bonchev–Trinajstić information content (AvgIpc) is 2.63. The summed E-state index contributed by atoms with van der Waals surface area (Å²) < 4.78 is 5.33. The molecule has 1 amide bonds. The maximum absolute atomic E-state index is 12.6. The predicted octanol–water partition coefficient (Wildman–Crippen LogP) is 2.44. The van der Waals surface area contributed by atoms with E-state index in [4.69, 9.17) is 4.74 Å².